The number of hydrogen-bond donors (Lipinski definition) is 0. The van der Waals surface area contributed by atoms with Crippen LogP contribution in [0.1, 0.15) is 0 Å². The first-order valence-corrected chi connectivity index (χ1v) is 8.35. The standard InChI is InChI=1S/C19H22N4O/c1-24-18-8-6-17(7-9-18)22-12-10-21(11-13-22)15-23-19-5-3-2-4-16(19)14-20-23/h2-9,14H,10-13,15H2,1H3. The van der Waals surface area contributed by atoms with Gasteiger partial charge in [-0.15, -0.1) is 0 Å². The highest BCUT2D eigenvalue weighted by Gasteiger charge is 2.18. The molecule has 0 aliphatic carbocycles. The molecule has 0 saturated carbocycles. The van der Waals surface area contributed by atoms with Crippen molar-refractivity contribution in [2.45, 2.75) is 6.67 Å². The van der Waals surface area contributed by atoms with Crippen LogP contribution in [-0.4, -0.2) is 48.0 Å². The second kappa shape index (κ2) is 6.53. The molecule has 2 heterocycles. The van der Waals surface area contributed by atoms with E-state index in [0.717, 1.165) is 38.6 Å². The number of piperazine rings is 1. The zero-order valence-electron chi connectivity index (χ0n) is 13.9. The average Bonchev–Trinajstić information content (AvgIpc) is 3.06. The fraction of sp³-hybridized carbons (Fsp3) is 0.316. The van der Waals surface area contributed by atoms with Crippen molar-refractivity contribution in [1.82, 2.24) is 14.7 Å². The number of hydrogen-bond acceptors (Lipinski definition) is 4. The summed E-state index contributed by atoms with van der Waals surface area (Å²) >= 11 is 0. The summed E-state index contributed by atoms with van der Waals surface area (Å²) in [5.74, 6) is 0.906. The second-order valence-electron chi connectivity index (χ2n) is 6.15. The number of aromatic nitrogens is 2. The van der Waals surface area contributed by atoms with Gasteiger partial charge in [0.25, 0.3) is 0 Å². The number of anilines is 1. The van der Waals surface area contributed by atoms with Crippen LogP contribution in [0.25, 0.3) is 10.9 Å². The van der Waals surface area contributed by atoms with Gasteiger partial charge in [0.1, 0.15) is 5.75 Å². The Balaban J connectivity index is 1.39. The Hall–Kier alpha value is -2.53. The Kier molecular flexibility index (Phi) is 4.09. The van der Waals surface area contributed by atoms with Crippen molar-refractivity contribution in [3.63, 3.8) is 0 Å². The van der Waals surface area contributed by atoms with Crippen molar-refractivity contribution in [1.29, 1.82) is 0 Å². The molecule has 124 valence electrons. The quantitative estimate of drug-likeness (QED) is 0.740. The van der Waals surface area contributed by atoms with E-state index in [1.165, 1.54) is 16.6 Å². The van der Waals surface area contributed by atoms with Gasteiger partial charge >= 0.3 is 0 Å². The number of nitrogens with zero attached hydrogens (tertiary/aromatic N) is 4. The topological polar surface area (TPSA) is 33.5 Å². The smallest absolute Gasteiger partial charge is 0.119 e. The molecule has 1 aromatic heterocycles. The molecular weight excluding hydrogens is 300 g/mol. The van der Waals surface area contributed by atoms with Crippen LogP contribution in [0.5, 0.6) is 5.75 Å². The molecule has 0 bridgehead atoms. The Labute approximate surface area is 142 Å². The molecule has 1 saturated heterocycles. The molecule has 0 spiro atoms. The Morgan fingerprint density at radius 3 is 2.46 bits per heavy atom. The SMILES string of the molecule is COc1ccc(N2CCN(Cn3ncc4ccccc43)CC2)cc1. The summed E-state index contributed by atoms with van der Waals surface area (Å²) in [4.78, 5) is 4.89. The normalized spacial score (nSPS) is 15.8. The Bertz CT molecular complexity index is 804. The van der Waals surface area contributed by atoms with Gasteiger partial charge in [-0.25, -0.2) is 0 Å². The minimum absolute atomic E-state index is 0.851. The third-order valence-corrected chi connectivity index (χ3v) is 4.69. The number of methoxy groups -OCH3 is 1. The molecule has 5 nitrogen and oxygen atoms in total. The zero-order valence-corrected chi connectivity index (χ0v) is 13.9. The molecular formula is C19H22N4O. The van der Waals surface area contributed by atoms with Crippen LogP contribution in [0, 0.1) is 0 Å². The molecule has 2 aromatic carbocycles. The fourth-order valence-electron chi connectivity index (χ4n) is 3.27. The lowest BCUT2D eigenvalue weighted by Gasteiger charge is -2.36. The molecule has 0 radical (unpaired) electrons. The largest absolute Gasteiger partial charge is 0.497 e. The molecule has 5 heteroatoms. The molecule has 24 heavy (non-hydrogen) atoms. The molecule has 1 aliphatic rings. The summed E-state index contributed by atoms with van der Waals surface area (Å²) in [6.07, 6.45) is 1.95. The molecule has 0 N–H and O–H groups in total. The van der Waals surface area contributed by atoms with Crippen LogP contribution < -0.4 is 9.64 Å². The van der Waals surface area contributed by atoms with Crippen molar-refractivity contribution in [3.05, 3.63) is 54.7 Å². The number of para-hydroxylation sites is 1. The van der Waals surface area contributed by atoms with Crippen LogP contribution >= 0.6 is 0 Å². The van der Waals surface area contributed by atoms with E-state index >= 15 is 0 Å². The summed E-state index contributed by atoms with van der Waals surface area (Å²) in [6.45, 7) is 5.00. The van der Waals surface area contributed by atoms with Gasteiger partial charge in [0.15, 0.2) is 0 Å². The lowest BCUT2D eigenvalue weighted by atomic mass is 10.2. The summed E-state index contributed by atoms with van der Waals surface area (Å²) in [6, 6.07) is 16.7. The van der Waals surface area contributed by atoms with E-state index in [9.17, 15) is 0 Å². The van der Waals surface area contributed by atoms with Gasteiger partial charge in [0.2, 0.25) is 0 Å². The van der Waals surface area contributed by atoms with Gasteiger partial charge in [-0.2, -0.15) is 5.10 Å². The van der Waals surface area contributed by atoms with Crippen LogP contribution in [-0.2, 0) is 6.67 Å². The van der Waals surface area contributed by atoms with Crippen molar-refractivity contribution >= 4 is 16.6 Å². The predicted octanol–water partition coefficient (Wildman–Crippen LogP) is 2.82. The van der Waals surface area contributed by atoms with Crippen LogP contribution in [0.2, 0.25) is 0 Å². The molecule has 0 unspecified atom stereocenters. The second-order valence-corrected chi connectivity index (χ2v) is 6.15. The third kappa shape index (κ3) is 2.95. The van der Waals surface area contributed by atoms with Crippen LogP contribution in [0.3, 0.4) is 0 Å². The van der Waals surface area contributed by atoms with Crippen molar-refractivity contribution < 1.29 is 4.74 Å². The maximum Gasteiger partial charge on any atom is 0.119 e. The van der Waals surface area contributed by atoms with E-state index in [1.807, 2.05) is 18.3 Å². The third-order valence-electron chi connectivity index (χ3n) is 4.69. The first-order valence-electron chi connectivity index (χ1n) is 8.35. The van der Waals surface area contributed by atoms with E-state index < -0.39 is 0 Å². The van der Waals surface area contributed by atoms with Gasteiger partial charge in [0, 0.05) is 37.3 Å². The van der Waals surface area contributed by atoms with Gasteiger partial charge in [-0.3, -0.25) is 9.58 Å². The lowest BCUT2D eigenvalue weighted by molar-refractivity contribution is 0.199. The number of ether oxygens (including phenoxy) is 1. The van der Waals surface area contributed by atoms with Crippen molar-refractivity contribution in [3.8, 4) is 5.75 Å². The highest BCUT2D eigenvalue weighted by molar-refractivity contribution is 5.78. The Morgan fingerprint density at radius 1 is 0.958 bits per heavy atom. The lowest BCUT2D eigenvalue weighted by Crippen LogP contribution is -2.46. The van der Waals surface area contributed by atoms with E-state index in [1.54, 1.807) is 7.11 Å². The molecule has 0 atom stereocenters. The predicted molar refractivity (Wildman–Crippen MR) is 96.5 cm³/mol. The summed E-state index contributed by atoms with van der Waals surface area (Å²) in [5, 5.41) is 5.74. The zero-order chi connectivity index (χ0) is 16.4. The van der Waals surface area contributed by atoms with E-state index in [0.29, 0.717) is 0 Å². The van der Waals surface area contributed by atoms with Crippen molar-refractivity contribution in [2.75, 3.05) is 38.2 Å². The van der Waals surface area contributed by atoms with Gasteiger partial charge < -0.3 is 9.64 Å². The van der Waals surface area contributed by atoms with Gasteiger partial charge in [0.05, 0.1) is 25.5 Å². The molecule has 1 fully saturated rings. The minimum atomic E-state index is 0.851. The maximum atomic E-state index is 5.23. The first kappa shape index (κ1) is 15.0. The summed E-state index contributed by atoms with van der Waals surface area (Å²) < 4.78 is 7.33. The maximum absolute atomic E-state index is 5.23. The summed E-state index contributed by atoms with van der Waals surface area (Å²) in [5.41, 5.74) is 2.47. The van der Waals surface area contributed by atoms with Crippen LogP contribution in [0.15, 0.2) is 54.7 Å². The van der Waals surface area contributed by atoms with E-state index in [-0.39, 0.29) is 0 Å². The Morgan fingerprint density at radius 2 is 1.71 bits per heavy atom. The number of benzene rings is 2. The summed E-state index contributed by atoms with van der Waals surface area (Å²) in [7, 11) is 1.70. The number of rotatable bonds is 4. The average molecular weight is 322 g/mol. The monoisotopic (exact) mass is 322 g/mol. The van der Waals surface area contributed by atoms with Crippen molar-refractivity contribution in [2.24, 2.45) is 0 Å². The highest BCUT2D eigenvalue weighted by Crippen LogP contribution is 2.21. The number of fused-ring (bicyclic) bond motifs is 1. The van der Waals surface area contributed by atoms with Crippen LogP contribution in [0.4, 0.5) is 5.69 Å². The van der Waals surface area contributed by atoms with Gasteiger partial charge in [-0.1, -0.05) is 18.2 Å². The molecule has 4 rings (SSSR count). The van der Waals surface area contributed by atoms with Gasteiger partial charge in [-0.05, 0) is 30.3 Å². The van der Waals surface area contributed by atoms with E-state index in [2.05, 4.69) is 56.0 Å². The first-order chi connectivity index (χ1) is 11.8. The fourth-order valence-corrected chi connectivity index (χ4v) is 3.27. The highest BCUT2D eigenvalue weighted by atomic mass is 16.5. The molecule has 1 aliphatic heterocycles. The van der Waals surface area contributed by atoms with E-state index in [4.69, 9.17) is 4.74 Å². The molecule has 3 aromatic rings. The minimum Gasteiger partial charge on any atom is -0.497 e. The molecule has 0 amide bonds.